The summed E-state index contributed by atoms with van der Waals surface area (Å²) in [7, 11) is 3.61. The van der Waals surface area contributed by atoms with Crippen molar-refractivity contribution in [1.29, 1.82) is 5.41 Å². The van der Waals surface area contributed by atoms with Crippen LogP contribution in [0.25, 0.3) is 0 Å². The highest BCUT2D eigenvalue weighted by Gasteiger charge is 2.45. The van der Waals surface area contributed by atoms with E-state index in [4.69, 9.17) is 11.1 Å². The molecule has 172 valence electrons. The van der Waals surface area contributed by atoms with E-state index in [0.717, 1.165) is 50.5 Å². The van der Waals surface area contributed by atoms with Gasteiger partial charge in [-0.2, -0.15) is 0 Å². The van der Waals surface area contributed by atoms with Crippen LogP contribution in [0.3, 0.4) is 0 Å². The number of piperidine rings is 1. The van der Waals surface area contributed by atoms with Crippen molar-refractivity contribution in [3.8, 4) is 0 Å². The molecule has 0 radical (unpaired) electrons. The highest BCUT2D eigenvalue weighted by atomic mass is 19.1. The minimum atomic E-state index is -0.710. The molecule has 2 atom stereocenters. The molecule has 1 aromatic carbocycles. The van der Waals surface area contributed by atoms with E-state index in [9.17, 15) is 14.0 Å². The summed E-state index contributed by atoms with van der Waals surface area (Å²) >= 11 is 0. The van der Waals surface area contributed by atoms with Crippen molar-refractivity contribution in [3.05, 3.63) is 34.9 Å². The number of allylic oxidation sites excluding steroid dienone is 1. The predicted octanol–water partition coefficient (Wildman–Crippen LogP) is 2.45. The van der Waals surface area contributed by atoms with Crippen LogP contribution >= 0.6 is 0 Å². The Hall–Kier alpha value is -2.94. The maximum atomic E-state index is 13.9. The summed E-state index contributed by atoms with van der Waals surface area (Å²) in [6.45, 7) is 4.83. The molecule has 2 fully saturated rings. The van der Waals surface area contributed by atoms with Crippen LogP contribution in [-0.2, 0) is 4.79 Å². The summed E-state index contributed by atoms with van der Waals surface area (Å²) in [5, 5.41) is 14.4. The lowest BCUT2D eigenvalue weighted by atomic mass is 9.74. The topological polar surface area (TPSA) is 115 Å². The van der Waals surface area contributed by atoms with E-state index in [1.54, 1.807) is 19.0 Å². The first-order chi connectivity index (χ1) is 15.1. The Bertz CT molecular complexity index is 996. The molecule has 1 aliphatic carbocycles. The largest absolute Gasteiger partial charge is 0.366 e. The summed E-state index contributed by atoms with van der Waals surface area (Å²) in [5.74, 6) is 0.149. The number of anilines is 2. The molecule has 8 nitrogen and oxygen atoms in total. The van der Waals surface area contributed by atoms with Gasteiger partial charge >= 0.3 is 0 Å². The van der Waals surface area contributed by atoms with E-state index < -0.39 is 11.7 Å². The number of halogens is 1. The molecule has 1 aromatic rings. The zero-order valence-electron chi connectivity index (χ0n) is 18.8. The third-order valence-corrected chi connectivity index (χ3v) is 7.08. The molecular weight excluding hydrogens is 411 g/mol. The Balaban J connectivity index is 1.45. The van der Waals surface area contributed by atoms with Gasteiger partial charge in [-0.15, -0.1) is 0 Å². The fourth-order valence-electron chi connectivity index (χ4n) is 4.92. The van der Waals surface area contributed by atoms with Gasteiger partial charge in [0.25, 0.3) is 5.91 Å². The number of rotatable bonds is 6. The maximum Gasteiger partial charge on any atom is 0.250 e. The summed E-state index contributed by atoms with van der Waals surface area (Å²) in [6.07, 6.45) is 4.02. The van der Waals surface area contributed by atoms with Crippen LogP contribution in [0.4, 0.5) is 15.8 Å². The van der Waals surface area contributed by atoms with E-state index in [-0.39, 0.29) is 22.8 Å². The molecule has 2 unspecified atom stereocenters. The molecule has 0 bridgehead atoms. The van der Waals surface area contributed by atoms with Crippen molar-refractivity contribution < 1.29 is 14.0 Å². The Kier molecular flexibility index (Phi) is 5.70. The second kappa shape index (κ2) is 8.20. The van der Waals surface area contributed by atoms with Crippen molar-refractivity contribution in [2.75, 3.05) is 44.4 Å². The van der Waals surface area contributed by atoms with Gasteiger partial charge in [0.2, 0.25) is 5.91 Å². The lowest BCUT2D eigenvalue weighted by Crippen LogP contribution is -2.41. The number of hydrogen-bond donors (Lipinski definition) is 4. The number of primary amides is 1. The van der Waals surface area contributed by atoms with Gasteiger partial charge in [0.15, 0.2) is 0 Å². The molecule has 2 heterocycles. The summed E-state index contributed by atoms with van der Waals surface area (Å²) in [4.78, 5) is 28.0. The van der Waals surface area contributed by atoms with Crippen molar-refractivity contribution in [2.45, 2.75) is 26.2 Å². The number of amides is 2. The van der Waals surface area contributed by atoms with Crippen LogP contribution in [0.5, 0.6) is 0 Å². The normalized spacial score (nSPS) is 25.2. The highest BCUT2D eigenvalue weighted by molar-refractivity contribution is 6.04. The van der Waals surface area contributed by atoms with Crippen LogP contribution in [0.15, 0.2) is 23.5 Å². The van der Waals surface area contributed by atoms with Gasteiger partial charge < -0.3 is 31.6 Å². The third-order valence-electron chi connectivity index (χ3n) is 7.08. The molecule has 1 saturated heterocycles. The average Bonchev–Trinajstić information content (AvgIpc) is 3.37. The number of nitrogens with two attached hydrogens (primary N) is 1. The highest BCUT2D eigenvalue weighted by Crippen LogP contribution is 2.45. The number of nitrogens with zero attached hydrogens (tertiary/aromatic N) is 2. The van der Waals surface area contributed by atoms with E-state index >= 15 is 0 Å². The van der Waals surface area contributed by atoms with Gasteiger partial charge in [-0.25, -0.2) is 4.39 Å². The van der Waals surface area contributed by atoms with Crippen LogP contribution in [0.2, 0.25) is 0 Å². The average molecular weight is 443 g/mol. The van der Waals surface area contributed by atoms with Gasteiger partial charge in [-0.1, -0.05) is 6.92 Å². The number of nitrogens with one attached hydrogen (secondary N) is 3. The monoisotopic (exact) mass is 442 g/mol. The van der Waals surface area contributed by atoms with Gasteiger partial charge in [-0.3, -0.25) is 9.59 Å². The third kappa shape index (κ3) is 4.09. The molecule has 4 rings (SSSR count). The lowest BCUT2D eigenvalue weighted by Gasteiger charge is -2.40. The second-order valence-electron chi connectivity index (χ2n) is 9.62. The molecule has 9 heteroatoms. The summed E-state index contributed by atoms with van der Waals surface area (Å²) in [5.41, 5.74) is 6.93. The molecule has 1 saturated carbocycles. The van der Waals surface area contributed by atoms with E-state index in [1.807, 2.05) is 0 Å². The molecule has 32 heavy (non-hydrogen) atoms. The number of hydrogen-bond acceptors (Lipinski definition) is 6. The first kappa shape index (κ1) is 22.3. The number of carbonyl (C=O) groups is 2. The molecule has 3 aliphatic rings. The fourth-order valence-corrected chi connectivity index (χ4v) is 4.92. The van der Waals surface area contributed by atoms with Gasteiger partial charge in [0.05, 0.1) is 16.9 Å². The molecule has 2 amide bonds. The van der Waals surface area contributed by atoms with Crippen LogP contribution in [-0.4, -0.2) is 61.6 Å². The lowest BCUT2D eigenvalue weighted by molar-refractivity contribution is -0.130. The van der Waals surface area contributed by atoms with Crippen molar-refractivity contribution in [1.82, 2.24) is 9.80 Å². The van der Waals surface area contributed by atoms with Crippen molar-refractivity contribution >= 4 is 29.4 Å². The summed E-state index contributed by atoms with van der Waals surface area (Å²) in [6, 6.07) is 2.44. The number of benzene rings is 1. The molecule has 0 aromatic heterocycles. The second-order valence-corrected chi connectivity index (χ2v) is 9.62. The maximum absolute atomic E-state index is 13.9. The Morgan fingerprint density at radius 2 is 2.00 bits per heavy atom. The number of likely N-dealkylation sites (tertiary alicyclic amines) is 1. The van der Waals surface area contributed by atoms with Crippen LogP contribution < -0.4 is 16.4 Å². The fraction of sp³-hybridized carbons (Fsp3) is 0.522. The first-order valence-electron chi connectivity index (χ1n) is 11.0. The van der Waals surface area contributed by atoms with Crippen molar-refractivity contribution in [3.63, 3.8) is 0 Å². The predicted molar refractivity (Wildman–Crippen MR) is 122 cm³/mol. The molecular formula is C23H31FN6O2. The van der Waals surface area contributed by atoms with Crippen LogP contribution in [0, 0.1) is 28.5 Å². The molecule has 5 N–H and O–H groups in total. The van der Waals surface area contributed by atoms with Crippen LogP contribution in [0.1, 0.15) is 36.5 Å². The Morgan fingerprint density at radius 3 is 2.59 bits per heavy atom. The minimum absolute atomic E-state index is 0.0815. The molecule has 2 aliphatic heterocycles. The standard InChI is InChI=1S/C23H31FN6O2/c1-23(4-6-30(7-5-23)12-13-8-15(13)22(32)29(2)3)17(11-25)21-27-18-10-14(24)9-16(20(26)31)19(18)28-21/h9-11,13,15,25,27-28H,4-8,12H2,1-3H3,(H2,26,31)/b21-17+,25-11?. The SMILES string of the molecule is CN(C)C(=O)C1CC1CN1CCC(C)(/C(C=N)=C2\Nc3cc(F)cc(C(N)=O)c3N2)CC1. The minimum Gasteiger partial charge on any atom is -0.366 e. The first-order valence-corrected chi connectivity index (χ1v) is 11.0. The molecule has 0 spiro atoms. The van der Waals surface area contributed by atoms with E-state index in [1.165, 1.54) is 12.3 Å². The Morgan fingerprint density at radius 1 is 1.31 bits per heavy atom. The van der Waals surface area contributed by atoms with Crippen molar-refractivity contribution in [2.24, 2.45) is 23.0 Å². The number of carbonyl (C=O) groups excluding carboxylic acids is 2. The van der Waals surface area contributed by atoms with E-state index in [0.29, 0.717) is 23.1 Å². The zero-order chi connectivity index (χ0) is 23.2. The van der Waals surface area contributed by atoms with Gasteiger partial charge in [-0.05, 0) is 55.8 Å². The Labute approximate surface area is 187 Å². The van der Waals surface area contributed by atoms with E-state index in [2.05, 4.69) is 22.5 Å². The van der Waals surface area contributed by atoms with Gasteiger partial charge in [0.1, 0.15) is 11.6 Å². The zero-order valence-corrected chi connectivity index (χ0v) is 18.8. The summed E-state index contributed by atoms with van der Waals surface area (Å²) < 4.78 is 13.9. The quantitative estimate of drug-likeness (QED) is 0.505. The smallest absolute Gasteiger partial charge is 0.250 e. The number of fused-ring (bicyclic) bond motifs is 1. The van der Waals surface area contributed by atoms with Gasteiger partial charge in [0, 0.05) is 38.3 Å².